The van der Waals surface area contributed by atoms with Gasteiger partial charge in [0.15, 0.2) is 0 Å². The molecule has 0 radical (unpaired) electrons. The Morgan fingerprint density at radius 3 is 2.65 bits per heavy atom. The van der Waals surface area contributed by atoms with Crippen LogP contribution in [0.5, 0.6) is 0 Å². The zero-order valence-electron chi connectivity index (χ0n) is 12.0. The Hall–Kier alpha value is -2.48. The number of pyridine rings is 1. The summed E-state index contributed by atoms with van der Waals surface area (Å²) in [5, 5.41) is 0.654. The first-order valence-corrected chi connectivity index (χ1v) is 8.06. The van der Waals surface area contributed by atoms with Gasteiger partial charge in [-0.3, -0.25) is 9.78 Å². The molecule has 0 amide bonds. The molecule has 2 aromatic heterocycles. The van der Waals surface area contributed by atoms with Crippen LogP contribution in [0.25, 0.3) is 15.3 Å². The Morgan fingerprint density at radius 1 is 1.22 bits per heavy atom. The highest BCUT2D eigenvalue weighted by Gasteiger charge is 2.19. The van der Waals surface area contributed by atoms with E-state index in [4.69, 9.17) is 18.2 Å². The van der Waals surface area contributed by atoms with Crippen LogP contribution in [0.3, 0.4) is 0 Å². The predicted molar refractivity (Wildman–Crippen MR) is 92.7 cm³/mol. The van der Waals surface area contributed by atoms with Crippen LogP contribution in [0.15, 0.2) is 54.7 Å². The van der Waals surface area contributed by atoms with E-state index in [-0.39, 0.29) is 12.3 Å². The first kappa shape index (κ1) is 15.4. The summed E-state index contributed by atoms with van der Waals surface area (Å²) in [5.74, 6) is -0.123. The lowest BCUT2D eigenvalue weighted by molar-refractivity contribution is 0.103. The summed E-state index contributed by atoms with van der Waals surface area (Å²) in [6.45, 7) is 7.37. The third kappa shape index (κ3) is 3.31. The summed E-state index contributed by atoms with van der Waals surface area (Å²) in [4.78, 5) is 21.6. The van der Waals surface area contributed by atoms with Crippen LogP contribution in [0.2, 0.25) is 5.02 Å². The molecule has 3 aromatic rings. The van der Waals surface area contributed by atoms with E-state index >= 15 is 0 Å². The standard InChI is InChI=1S/C18H11ClN2OS/c1-20-11-13-10-16(17(22)15-4-2-3-9-21-15)23-18(13)12-5-7-14(19)8-6-12/h2-10H,11H2. The largest absolute Gasteiger partial charge is 0.312 e. The molecule has 0 aliphatic carbocycles. The lowest BCUT2D eigenvalue weighted by Gasteiger charge is -1.99. The van der Waals surface area contributed by atoms with E-state index < -0.39 is 0 Å². The molecule has 0 saturated carbocycles. The summed E-state index contributed by atoms with van der Waals surface area (Å²) in [6.07, 6.45) is 1.60. The van der Waals surface area contributed by atoms with Crippen molar-refractivity contribution < 1.29 is 4.79 Å². The van der Waals surface area contributed by atoms with Crippen molar-refractivity contribution in [1.82, 2.24) is 4.98 Å². The van der Waals surface area contributed by atoms with E-state index in [1.807, 2.05) is 12.1 Å². The molecule has 2 heterocycles. The molecule has 0 bridgehead atoms. The molecule has 5 heteroatoms. The fourth-order valence-corrected chi connectivity index (χ4v) is 3.47. The number of thiophene rings is 1. The second-order valence-electron chi connectivity index (χ2n) is 4.83. The van der Waals surface area contributed by atoms with Gasteiger partial charge in [0.2, 0.25) is 12.3 Å². The number of benzene rings is 1. The molecule has 0 aliphatic rings. The quantitative estimate of drug-likeness (QED) is 0.489. The summed E-state index contributed by atoms with van der Waals surface area (Å²) in [5.41, 5.74) is 2.22. The minimum Gasteiger partial charge on any atom is -0.312 e. The lowest BCUT2D eigenvalue weighted by Crippen LogP contribution is -2.00. The lowest BCUT2D eigenvalue weighted by atomic mass is 10.1. The maximum absolute atomic E-state index is 12.6. The SMILES string of the molecule is [C-]#[N+]Cc1cc(C(=O)c2ccccn2)sc1-c1ccc(Cl)cc1. The maximum Gasteiger partial charge on any atom is 0.241 e. The summed E-state index contributed by atoms with van der Waals surface area (Å²) in [6, 6.07) is 14.5. The zero-order chi connectivity index (χ0) is 16.2. The van der Waals surface area contributed by atoms with Crippen LogP contribution in [0, 0.1) is 6.57 Å². The first-order valence-electron chi connectivity index (χ1n) is 6.86. The van der Waals surface area contributed by atoms with Crippen LogP contribution in [-0.2, 0) is 6.54 Å². The molecule has 23 heavy (non-hydrogen) atoms. The number of aromatic nitrogens is 1. The number of hydrogen-bond donors (Lipinski definition) is 0. The second kappa shape index (κ2) is 6.74. The number of halogens is 1. The molecule has 1 aromatic carbocycles. The van der Waals surface area contributed by atoms with E-state index in [1.165, 1.54) is 11.3 Å². The van der Waals surface area contributed by atoms with Gasteiger partial charge in [-0.05, 0) is 35.9 Å². The van der Waals surface area contributed by atoms with Gasteiger partial charge in [-0.25, -0.2) is 6.57 Å². The van der Waals surface area contributed by atoms with Gasteiger partial charge in [-0.2, -0.15) is 0 Å². The van der Waals surface area contributed by atoms with Crippen molar-refractivity contribution >= 4 is 28.7 Å². The molecule has 0 atom stereocenters. The minimum atomic E-state index is -0.123. The third-order valence-electron chi connectivity index (χ3n) is 3.29. The van der Waals surface area contributed by atoms with E-state index in [2.05, 4.69) is 9.83 Å². The Morgan fingerprint density at radius 2 is 2.00 bits per heavy atom. The number of carbonyl (C=O) groups is 1. The average Bonchev–Trinajstić information content (AvgIpc) is 3.00. The van der Waals surface area contributed by atoms with Crippen molar-refractivity contribution in [1.29, 1.82) is 0 Å². The molecular weight excluding hydrogens is 328 g/mol. The van der Waals surface area contributed by atoms with E-state index in [0.29, 0.717) is 15.6 Å². The number of hydrogen-bond acceptors (Lipinski definition) is 3. The average molecular weight is 339 g/mol. The predicted octanol–water partition coefficient (Wildman–Crippen LogP) is 5.11. The topological polar surface area (TPSA) is 34.3 Å². The summed E-state index contributed by atoms with van der Waals surface area (Å²) >= 11 is 7.31. The first-order chi connectivity index (χ1) is 11.2. The van der Waals surface area contributed by atoms with Crippen LogP contribution in [0.4, 0.5) is 0 Å². The fourth-order valence-electron chi connectivity index (χ4n) is 2.21. The summed E-state index contributed by atoms with van der Waals surface area (Å²) < 4.78 is 0. The Labute approximate surface area is 143 Å². The molecule has 0 aliphatic heterocycles. The highest BCUT2D eigenvalue weighted by molar-refractivity contribution is 7.17. The Kier molecular flexibility index (Phi) is 4.52. The minimum absolute atomic E-state index is 0.123. The second-order valence-corrected chi connectivity index (χ2v) is 6.32. The molecule has 0 spiro atoms. The molecule has 112 valence electrons. The number of nitrogens with zero attached hydrogens (tertiary/aromatic N) is 2. The molecular formula is C18H11ClN2OS. The molecule has 0 fully saturated rings. The number of ketones is 1. The Balaban J connectivity index is 2.04. The number of carbonyl (C=O) groups excluding carboxylic acids is 1. The van der Waals surface area contributed by atoms with E-state index in [9.17, 15) is 4.79 Å². The fraction of sp³-hybridized carbons (Fsp3) is 0.0556. The van der Waals surface area contributed by atoms with Gasteiger partial charge < -0.3 is 4.85 Å². The normalized spacial score (nSPS) is 10.3. The monoisotopic (exact) mass is 338 g/mol. The van der Waals surface area contributed by atoms with Gasteiger partial charge >= 0.3 is 0 Å². The van der Waals surface area contributed by atoms with Crippen LogP contribution in [-0.4, -0.2) is 10.8 Å². The summed E-state index contributed by atoms with van der Waals surface area (Å²) in [7, 11) is 0. The number of rotatable bonds is 4. The van der Waals surface area contributed by atoms with Crippen molar-refractivity contribution in [3.05, 3.63) is 87.3 Å². The molecule has 0 unspecified atom stereocenters. The Bertz CT molecular complexity index is 880. The maximum atomic E-state index is 12.6. The van der Waals surface area contributed by atoms with Gasteiger partial charge in [0.1, 0.15) is 5.69 Å². The molecule has 3 rings (SSSR count). The smallest absolute Gasteiger partial charge is 0.241 e. The van der Waals surface area contributed by atoms with Crippen LogP contribution >= 0.6 is 22.9 Å². The zero-order valence-corrected chi connectivity index (χ0v) is 13.6. The van der Waals surface area contributed by atoms with Crippen molar-refractivity contribution in [3.63, 3.8) is 0 Å². The van der Waals surface area contributed by atoms with Crippen molar-refractivity contribution in [2.75, 3.05) is 0 Å². The van der Waals surface area contributed by atoms with Gasteiger partial charge in [0, 0.05) is 21.7 Å². The highest BCUT2D eigenvalue weighted by atomic mass is 35.5. The van der Waals surface area contributed by atoms with Gasteiger partial charge in [0.05, 0.1) is 4.88 Å². The third-order valence-corrected chi connectivity index (χ3v) is 4.76. The van der Waals surface area contributed by atoms with Crippen LogP contribution in [0.1, 0.15) is 20.9 Å². The molecule has 3 nitrogen and oxygen atoms in total. The van der Waals surface area contributed by atoms with E-state index in [1.54, 1.807) is 42.6 Å². The van der Waals surface area contributed by atoms with Gasteiger partial charge in [-0.15, -0.1) is 11.3 Å². The van der Waals surface area contributed by atoms with Gasteiger partial charge in [0.25, 0.3) is 0 Å². The van der Waals surface area contributed by atoms with E-state index in [0.717, 1.165) is 16.0 Å². The molecule has 0 saturated heterocycles. The van der Waals surface area contributed by atoms with Gasteiger partial charge in [-0.1, -0.05) is 29.8 Å². The van der Waals surface area contributed by atoms with Crippen LogP contribution < -0.4 is 0 Å². The van der Waals surface area contributed by atoms with Crippen molar-refractivity contribution in [3.8, 4) is 10.4 Å². The van der Waals surface area contributed by atoms with Crippen molar-refractivity contribution in [2.45, 2.75) is 6.54 Å². The van der Waals surface area contributed by atoms with Crippen molar-refractivity contribution in [2.24, 2.45) is 0 Å². The molecule has 0 N–H and O–H groups in total. The highest BCUT2D eigenvalue weighted by Crippen LogP contribution is 2.35.